The Balaban J connectivity index is 1.63. The average molecular weight is 365 g/mol. The maximum absolute atomic E-state index is 12.5. The Kier molecular flexibility index (Phi) is 4.62. The van der Waals surface area contributed by atoms with E-state index in [1.54, 1.807) is 19.1 Å². The molecule has 0 bridgehead atoms. The van der Waals surface area contributed by atoms with Crippen LogP contribution in [0.3, 0.4) is 0 Å². The second-order valence-corrected chi connectivity index (χ2v) is 9.39. The van der Waals surface area contributed by atoms with Crippen LogP contribution in [0.15, 0.2) is 23.1 Å². The molecule has 1 amide bonds. The third-order valence-electron chi connectivity index (χ3n) is 5.36. The first-order valence-corrected chi connectivity index (χ1v) is 10.2. The van der Waals surface area contributed by atoms with Gasteiger partial charge >= 0.3 is 5.97 Å². The van der Waals surface area contributed by atoms with Crippen LogP contribution in [0, 0.1) is 5.41 Å². The molecule has 0 unspecified atom stereocenters. The molecule has 3 rings (SSSR count). The van der Waals surface area contributed by atoms with Crippen molar-refractivity contribution in [3.8, 4) is 0 Å². The van der Waals surface area contributed by atoms with Crippen molar-refractivity contribution in [2.45, 2.75) is 43.9 Å². The number of fused-ring (bicyclic) bond motifs is 1. The Bertz CT molecular complexity index is 817. The van der Waals surface area contributed by atoms with Crippen molar-refractivity contribution in [2.24, 2.45) is 5.41 Å². The van der Waals surface area contributed by atoms with E-state index < -0.39 is 21.2 Å². The van der Waals surface area contributed by atoms with Crippen molar-refractivity contribution < 1.29 is 23.1 Å². The molecule has 0 radical (unpaired) electrons. The Morgan fingerprint density at radius 3 is 2.64 bits per heavy atom. The Morgan fingerprint density at radius 2 is 1.96 bits per heavy atom. The van der Waals surface area contributed by atoms with E-state index in [9.17, 15) is 23.1 Å². The second-order valence-electron chi connectivity index (χ2n) is 7.28. The van der Waals surface area contributed by atoms with E-state index in [0.717, 1.165) is 24.8 Å². The topological polar surface area (TPSA) is 91.8 Å². The fraction of sp³-hybridized carbons (Fsp3) is 0.556. The van der Waals surface area contributed by atoms with Crippen molar-refractivity contribution >= 4 is 21.7 Å². The van der Waals surface area contributed by atoms with E-state index in [4.69, 9.17) is 0 Å². The zero-order valence-corrected chi connectivity index (χ0v) is 15.1. The molecular weight excluding hydrogens is 342 g/mol. The largest absolute Gasteiger partial charge is 0.481 e. The van der Waals surface area contributed by atoms with E-state index in [1.807, 2.05) is 6.07 Å². The number of carboxylic acid groups (broad SMARTS) is 1. The number of hydrogen-bond acceptors (Lipinski definition) is 4. The molecule has 0 saturated carbocycles. The number of aryl methyl sites for hydroxylation is 2. The number of nitrogens with zero attached hydrogens (tertiary/aromatic N) is 1. The van der Waals surface area contributed by atoms with Gasteiger partial charge in [-0.15, -0.1) is 0 Å². The van der Waals surface area contributed by atoms with Gasteiger partial charge in [-0.2, -0.15) is 0 Å². The molecule has 1 aliphatic heterocycles. The highest BCUT2D eigenvalue weighted by molar-refractivity contribution is 7.91. The summed E-state index contributed by atoms with van der Waals surface area (Å²) in [5.41, 5.74) is 1.36. The lowest BCUT2D eigenvalue weighted by atomic mass is 9.90. The minimum absolute atomic E-state index is 0.116. The lowest BCUT2D eigenvalue weighted by Gasteiger charge is -2.20. The van der Waals surface area contributed by atoms with Crippen LogP contribution in [0.2, 0.25) is 0 Å². The molecule has 2 aliphatic rings. The molecule has 1 aromatic carbocycles. The van der Waals surface area contributed by atoms with Crippen LogP contribution in [-0.2, 0) is 32.3 Å². The smallest absolute Gasteiger partial charge is 0.311 e. The normalized spacial score (nSPS) is 22.8. The van der Waals surface area contributed by atoms with E-state index in [-0.39, 0.29) is 29.5 Å². The summed E-state index contributed by atoms with van der Waals surface area (Å²) < 4.78 is 25.0. The minimum Gasteiger partial charge on any atom is -0.481 e. The zero-order valence-electron chi connectivity index (χ0n) is 14.3. The monoisotopic (exact) mass is 365 g/mol. The van der Waals surface area contributed by atoms with Crippen LogP contribution in [0.4, 0.5) is 0 Å². The van der Waals surface area contributed by atoms with Gasteiger partial charge in [-0.1, -0.05) is 6.07 Å². The van der Waals surface area contributed by atoms with Gasteiger partial charge in [-0.05, 0) is 55.9 Å². The van der Waals surface area contributed by atoms with Crippen molar-refractivity contribution in [1.82, 2.24) is 4.90 Å². The molecule has 7 heteroatoms. The number of amides is 1. The van der Waals surface area contributed by atoms with Gasteiger partial charge in [0.2, 0.25) is 5.91 Å². The summed E-state index contributed by atoms with van der Waals surface area (Å²) in [6.07, 6.45) is 3.22. The number of carbonyl (C=O) groups is 2. The summed E-state index contributed by atoms with van der Waals surface area (Å²) in [7, 11) is -3.52. The molecular formula is C18H23NO5S. The van der Waals surface area contributed by atoms with Crippen LogP contribution in [0.25, 0.3) is 0 Å². The first kappa shape index (κ1) is 17.9. The van der Waals surface area contributed by atoms with Gasteiger partial charge in [-0.3, -0.25) is 9.59 Å². The summed E-state index contributed by atoms with van der Waals surface area (Å²) in [6, 6.07) is 5.23. The van der Waals surface area contributed by atoms with Crippen molar-refractivity contribution in [3.63, 3.8) is 0 Å². The number of likely N-dealkylation sites (tertiary alicyclic amines) is 1. The lowest BCUT2D eigenvalue weighted by Crippen LogP contribution is -2.35. The molecule has 1 fully saturated rings. The van der Waals surface area contributed by atoms with Crippen LogP contribution < -0.4 is 0 Å². The van der Waals surface area contributed by atoms with E-state index in [1.165, 1.54) is 10.5 Å². The summed E-state index contributed by atoms with van der Waals surface area (Å²) in [6.45, 7) is 2.12. The van der Waals surface area contributed by atoms with Crippen LogP contribution in [0.1, 0.15) is 37.3 Å². The predicted molar refractivity (Wildman–Crippen MR) is 92.1 cm³/mol. The Hall–Kier alpha value is -1.89. The van der Waals surface area contributed by atoms with Gasteiger partial charge in [-0.25, -0.2) is 8.42 Å². The molecule has 1 aliphatic carbocycles. The molecule has 1 atom stereocenters. The summed E-state index contributed by atoms with van der Waals surface area (Å²) in [5, 5.41) is 9.22. The van der Waals surface area contributed by atoms with Gasteiger partial charge in [0.25, 0.3) is 0 Å². The maximum Gasteiger partial charge on any atom is 0.311 e. The zero-order chi connectivity index (χ0) is 18.2. The molecule has 0 spiro atoms. The number of carbonyl (C=O) groups excluding carboxylic acids is 1. The van der Waals surface area contributed by atoms with E-state index in [0.29, 0.717) is 13.0 Å². The number of carboxylic acids is 1. The van der Waals surface area contributed by atoms with Gasteiger partial charge < -0.3 is 10.0 Å². The highest BCUT2D eigenvalue weighted by Gasteiger charge is 2.42. The molecule has 1 N–H and O–H groups in total. The van der Waals surface area contributed by atoms with Crippen molar-refractivity contribution in [2.75, 3.05) is 18.8 Å². The highest BCUT2D eigenvalue weighted by atomic mass is 32.2. The quantitative estimate of drug-likeness (QED) is 0.857. The molecule has 1 heterocycles. The Labute approximate surface area is 147 Å². The van der Waals surface area contributed by atoms with Gasteiger partial charge in [0.05, 0.1) is 16.1 Å². The fourth-order valence-electron chi connectivity index (χ4n) is 3.59. The number of aliphatic carboxylic acids is 1. The average Bonchev–Trinajstić information content (AvgIpc) is 3.19. The summed E-state index contributed by atoms with van der Waals surface area (Å²) in [5.74, 6) is -1.46. The van der Waals surface area contributed by atoms with Crippen LogP contribution in [0.5, 0.6) is 0 Å². The van der Waals surface area contributed by atoms with Gasteiger partial charge in [0, 0.05) is 19.5 Å². The third-order valence-corrected chi connectivity index (χ3v) is 7.07. The van der Waals surface area contributed by atoms with E-state index >= 15 is 0 Å². The van der Waals surface area contributed by atoms with Crippen LogP contribution in [-0.4, -0.2) is 49.1 Å². The van der Waals surface area contributed by atoms with Crippen LogP contribution >= 0.6 is 0 Å². The van der Waals surface area contributed by atoms with Crippen molar-refractivity contribution in [3.05, 3.63) is 29.3 Å². The minimum atomic E-state index is -3.52. The predicted octanol–water partition coefficient (Wildman–Crippen LogP) is 1.66. The van der Waals surface area contributed by atoms with Crippen molar-refractivity contribution in [1.29, 1.82) is 0 Å². The van der Waals surface area contributed by atoms with Gasteiger partial charge in [0.1, 0.15) is 0 Å². The molecule has 25 heavy (non-hydrogen) atoms. The fourth-order valence-corrected chi connectivity index (χ4v) is 4.86. The second kappa shape index (κ2) is 6.44. The van der Waals surface area contributed by atoms with E-state index in [2.05, 4.69) is 0 Å². The van der Waals surface area contributed by atoms with Gasteiger partial charge in [0.15, 0.2) is 9.84 Å². The summed E-state index contributed by atoms with van der Waals surface area (Å²) >= 11 is 0. The molecule has 6 nitrogen and oxygen atoms in total. The maximum atomic E-state index is 12.5. The number of benzene rings is 1. The number of hydrogen-bond donors (Lipinski definition) is 1. The SMILES string of the molecule is C[C@@]1(C(=O)O)CCN(C(=O)CCS(=O)(=O)c2ccc3c(c2)CCC3)C1. The standard InChI is InChI=1S/C18H23NO5S/c1-18(17(21)22)8-9-19(12-18)16(20)7-10-25(23,24)15-6-5-13-3-2-4-14(13)11-15/h5-6,11H,2-4,7-10,12H2,1H3,(H,21,22)/t18-/m1/s1. The first-order chi connectivity index (χ1) is 11.7. The number of sulfone groups is 1. The molecule has 136 valence electrons. The first-order valence-electron chi connectivity index (χ1n) is 8.57. The lowest BCUT2D eigenvalue weighted by molar-refractivity contribution is -0.147. The highest BCUT2D eigenvalue weighted by Crippen LogP contribution is 2.31. The third kappa shape index (κ3) is 3.56. The summed E-state index contributed by atoms with van der Waals surface area (Å²) in [4.78, 5) is 25.3. The molecule has 1 aromatic rings. The number of rotatable bonds is 5. The Morgan fingerprint density at radius 1 is 1.24 bits per heavy atom. The molecule has 0 aromatic heterocycles. The molecule has 1 saturated heterocycles.